The first-order chi connectivity index (χ1) is 17.3. The number of carbonyl (C=O) groups excluding carboxylic acids is 1. The number of hydrogen-bond acceptors (Lipinski definition) is 4. The van der Waals surface area contributed by atoms with Crippen molar-refractivity contribution in [2.24, 2.45) is 0 Å². The van der Waals surface area contributed by atoms with E-state index in [2.05, 4.69) is 18.1 Å². The maximum atomic E-state index is 13.7. The van der Waals surface area contributed by atoms with Gasteiger partial charge in [0.05, 0.1) is 24.1 Å². The third-order valence-corrected chi connectivity index (χ3v) is 7.07. The summed E-state index contributed by atoms with van der Waals surface area (Å²) in [6.07, 6.45) is 5.04. The Morgan fingerprint density at radius 2 is 2.03 bits per heavy atom. The van der Waals surface area contributed by atoms with Gasteiger partial charge in [-0.3, -0.25) is 4.79 Å². The number of pyridine rings is 1. The monoisotopic (exact) mass is 506 g/mol. The molecule has 0 radical (unpaired) electrons. The molecular formula is C28H28ClFN4O2. The highest BCUT2D eigenvalue weighted by Crippen LogP contribution is 2.35. The van der Waals surface area contributed by atoms with Crippen LogP contribution in [0.3, 0.4) is 0 Å². The van der Waals surface area contributed by atoms with Crippen LogP contribution >= 0.6 is 11.6 Å². The molecule has 4 aromatic rings. The van der Waals surface area contributed by atoms with Gasteiger partial charge in [0.25, 0.3) is 0 Å². The lowest BCUT2D eigenvalue weighted by molar-refractivity contribution is -0.135. The number of rotatable bonds is 6. The van der Waals surface area contributed by atoms with Gasteiger partial charge in [0.2, 0.25) is 5.91 Å². The number of aryl methyl sites for hydroxylation is 2. The first-order valence-corrected chi connectivity index (χ1v) is 12.5. The number of para-hydroxylation sites is 1. The van der Waals surface area contributed by atoms with Gasteiger partial charge in [-0.15, -0.1) is 0 Å². The molecule has 6 nitrogen and oxygen atoms in total. The highest BCUT2D eigenvalue weighted by Gasteiger charge is 2.27. The van der Waals surface area contributed by atoms with Crippen LogP contribution in [0, 0.1) is 19.7 Å². The van der Waals surface area contributed by atoms with Gasteiger partial charge in [-0.1, -0.05) is 29.8 Å². The van der Waals surface area contributed by atoms with E-state index in [-0.39, 0.29) is 18.6 Å². The molecule has 0 bridgehead atoms. The fraction of sp³-hybridized carbons (Fsp3) is 0.321. The summed E-state index contributed by atoms with van der Waals surface area (Å²) in [6, 6.07) is 11.4. The SMILES string of the molecule is Cc1cc(Cl)c(COc2cccc3c(-n4cc(F)cn4)cc(C)nc23)c([C@H](C)N2CCCCC2=O)c1. The Labute approximate surface area is 214 Å². The summed E-state index contributed by atoms with van der Waals surface area (Å²) in [5, 5.41) is 5.53. The van der Waals surface area contributed by atoms with Crippen LogP contribution in [0.1, 0.15) is 54.6 Å². The van der Waals surface area contributed by atoms with E-state index in [1.54, 1.807) is 0 Å². The van der Waals surface area contributed by atoms with Crippen molar-refractivity contribution in [2.75, 3.05) is 6.54 Å². The van der Waals surface area contributed by atoms with E-state index in [4.69, 9.17) is 21.3 Å². The number of piperidine rings is 1. The van der Waals surface area contributed by atoms with Crippen LogP contribution in [-0.2, 0) is 11.4 Å². The summed E-state index contributed by atoms with van der Waals surface area (Å²) < 4.78 is 21.5. The minimum Gasteiger partial charge on any atom is -0.487 e. The molecule has 0 aliphatic carbocycles. The van der Waals surface area contributed by atoms with E-state index in [0.29, 0.717) is 22.7 Å². The summed E-state index contributed by atoms with van der Waals surface area (Å²) >= 11 is 6.73. The summed E-state index contributed by atoms with van der Waals surface area (Å²) in [5.41, 5.74) is 5.02. The molecule has 0 N–H and O–H groups in total. The van der Waals surface area contributed by atoms with Gasteiger partial charge in [0.1, 0.15) is 17.9 Å². The van der Waals surface area contributed by atoms with Gasteiger partial charge in [0, 0.05) is 34.6 Å². The molecule has 8 heteroatoms. The number of fused-ring (bicyclic) bond motifs is 1. The number of halogens is 2. The second kappa shape index (κ2) is 9.90. The average Bonchev–Trinajstić information content (AvgIpc) is 3.28. The van der Waals surface area contributed by atoms with Crippen molar-refractivity contribution < 1.29 is 13.9 Å². The quantitative estimate of drug-likeness (QED) is 0.300. The Morgan fingerprint density at radius 1 is 1.19 bits per heavy atom. The normalized spacial score (nSPS) is 14.9. The van der Waals surface area contributed by atoms with E-state index in [0.717, 1.165) is 52.8 Å². The topological polar surface area (TPSA) is 60.2 Å². The van der Waals surface area contributed by atoms with Crippen LogP contribution in [-0.4, -0.2) is 32.1 Å². The number of aromatic nitrogens is 3. The third-order valence-electron chi connectivity index (χ3n) is 6.73. The zero-order chi connectivity index (χ0) is 25.4. The molecule has 1 amide bonds. The zero-order valence-corrected chi connectivity index (χ0v) is 21.3. The second-order valence-electron chi connectivity index (χ2n) is 9.36. The van der Waals surface area contributed by atoms with Crippen molar-refractivity contribution in [1.29, 1.82) is 0 Å². The maximum Gasteiger partial charge on any atom is 0.223 e. The van der Waals surface area contributed by atoms with Crippen LogP contribution < -0.4 is 4.74 Å². The maximum absolute atomic E-state index is 13.7. The number of hydrogen-bond donors (Lipinski definition) is 0. The first-order valence-electron chi connectivity index (χ1n) is 12.1. The smallest absolute Gasteiger partial charge is 0.223 e. The van der Waals surface area contributed by atoms with Crippen molar-refractivity contribution in [3.63, 3.8) is 0 Å². The van der Waals surface area contributed by atoms with Crippen molar-refractivity contribution in [3.8, 4) is 11.4 Å². The summed E-state index contributed by atoms with van der Waals surface area (Å²) in [5.74, 6) is 0.358. The highest BCUT2D eigenvalue weighted by molar-refractivity contribution is 6.31. The molecule has 0 unspecified atom stereocenters. The van der Waals surface area contributed by atoms with E-state index >= 15 is 0 Å². The van der Waals surface area contributed by atoms with E-state index in [9.17, 15) is 9.18 Å². The van der Waals surface area contributed by atoms with E-state index < -0.39 is 5.82 Å². The number of ether oxygens (including phenoxy) is 1. The van der Waals surface area contributed by atoms with Crippen molar-refractivity contribution in [3.05, 3.63) is 82.0 Å². The molecule has 1 aliphatic heterocycles. The molecule has 36 heavy (non-hydrogen) atoms. The number of benzene rings is 2. The molecule has 1 atom stereocenters. The summed E-state index contributed by atoms with van der Waals surface area (Å²) in [6.45, 7) is 6.90. The fourth-order valence-electron chi connectivity index (χ4n) is 4.95. The lowest BCUT2D eigenvalue weighted by atomic mass is 9.96. The molecule has 5 rings (SSSR count). The van der Waals surface area contributed by atoms with Crippen molar-refractivity contribution in [1.82, 2.24) is 19.7 Å². The van der Waals surface area contributed by atoms with Gasteiger partial charge >= 0.3 is 0 Å². The Bertz CT molecular complexity index is 1450. The minimum absolute atomic E-state index is 0.108. The molecule has 0 spiro atoms. The molecule has 186 valence electrons. The van der Waals surface area contributed by atoms with Crippen LogP contribution in [0.25, 0.3) is 16.6 Å². The van der Waals surface area contributed by atoms with Crippen LogP contribution in [0.2, 0.25) is 5.02 Å². The van der Waals surface area contributed by atoms with E-state index in [1.807, 2.05) is 49.1 Å². The molecule has 1 aliphatic rings. The summed E-state index contributed by atoms with van der Waals surface area (Å²) in [7, 11) is 0. The van der Waals surface area contributed by atoms with Crippen LogP contribution in [0.4, 0.5) is 4.39 Å². The van der Waals surface area contributed by atoms with E-state index in [1.165, 1.54) is 17.1 Å². The Hall–Kier alpha value is -3.45. The predicted octanol–water partition coefficient (Wildman–Crippen LogP) is 6.48. The predicted molar refractivity (Wildman–Crippen MR) is 138 cm³/mol. The van der Waals surface area contributed by atoms with Crippen molar-refractivity contribution >= 4 is 28.4 Å². The lowest BCUT2D eigenvalue weighted by Gasteiger charge is -2.34. The van der Waals surface area contributed by atoms with Gasteiger partial charge < -0.3 is 9.64 Å². The largest absolute Gasteiger partial charge is 0.487 e. The number of likely N-dealkylation sites (tertiary alicyclic amines) is 1. The van der Waals surface area contributed by atoms with Crippen molar-refractivity contribution in [2.45, 2.75) is 52.7 Å². The molecule has 1 fully saturated rings. The van der Waals surface area contributed by atoms with Gasteiger partial charge in [-0.25, -0.2) is 14.1 Å². The fourth-order valence-corrected chi connectivity index (χ4v) is 5.28. The Balaban J connectivity index is 1.51. The lowest BCUT2D eigenvalue weighted by Crippen LogP contribution is -2.37. The third kappa shape index (κ3) is 4.67. The van der Waals surface area contributed by atoms with Crippen LogP contribution in [0.5, 0.6) is 5.75 Å². The molecule has 1 saturated heterocycles. The van der Waals surface area contributed by atoms with Gasteiger partial charge in [-0.2, -0.15) is 5.10 Å². The molecule has 2 aromatic heterocycles. The molecular weight excluding hydrogens is 479 g/mol. The zero-order valence-electron chi connectivity index (χ0n) is 20.6. The van der Waals surface area contributed by atoms with Crippen LogP contribution in [0.15, 0.2) is 48.8 Å². The highest BCUT2D eigenvalue weighted by atomic mass is 35.5. The summed E-state index contributed by atoms with van der Waals surface area (Å²) in [4.78, 5) is 19.3. The van der Waals surface area contributed by atoms with Gasteiger partial charge in [-0.05, 0) is 62.9 Å². The number of carbonyl (C=O) groups is 1. The Morgan fingerprint density at radius 3 is 2.78 bits per heavy atom. The number of amides is 1. The molecule has 2 aromatic carbocycles. The molecule has 3 heterocycles. The minimum atomic E-state index is -0.409. The molecule has 0 saturated carbocycles. The Kier molecular flexibility index (Phi) is 6.67. The number of nitrogens with zero attached hydrogens (tertiary/aromatic N) is 4. The van der Waals surface area contributed by atoms with Gasteiger partial charge in [0.15, 0.2) is 5.82 Å². The second-order valence-corrected chi connectivity index (χ2v) is 9.77. The average molecular weight is 507 g/mol. The first kappa shape index (κ1) is 24.3. The standard InChI is InChI=1S/C28H28ClFN4O2/c1-17-11-22(19(3)33-10-5-4-9-27(33)35)23(24(29)12-17)16-36-26-8-6-7-21-25(13-18(2)32-28(21)26)34-15-20(30)14-31-34/h6-8,11-15,19H,4-5,9-10,16H2,1-3H3/t19-/m0/s1.